The zero-order valence-corrected chi connectivity index (χ0v) is 8.79. The molecule has 5 N–H and O–H groups in total. The predicted molar refractivity (Wildman–Crippen MR) is 48.7 cm³/mol. The van der Waals surface area contributed by atoms with E-state index < -0.39 is 26.7 Å². The molecule has 0 aromatic heterocycles. The number of hydrogen-bond donors (Lipinski definition) is 5. The van der Waals surface area contributed by atoms with E-state index in [2.05, 4.69) is 11.1 Å². The lowest BCUT2D eigenvalue weighted by atomic mass is 10.4. The van der Waals surface area contributed by atoms with Gasteiger partial charge in [0.1, 0.15) is 6.61 Å². The summed E-state index contributed by atoms with van der Waals surface area (Å²) in [6.07, 6.45) is -1.85. The average Bonchev–Trinajstić information content (AvgIpc) is 2.00. The molecule has 90 valence electrons. The van der Waals surface area contributed by atoms with Gasteiger partial charge in [-0.3, -0.25) is 4.52 Å². The van der Waals surface area contributed by atoms with E-state index in [1.165, 1.54) is 6.92 Å². The van der Waals surface area contributed by atoms with Gasteiger partial charge in [0.2, 0.25) is 0 Å². The fourth-order valence-electron chi connectivity index (χ4n) is 0.164. The normalized spacial score (nSPS) is 10.5. The van der Waals surface area contributed by atoms with Gasteiger partial charge in [0.25, 0.3) is 0 Å². The quantitative estimate of drug-likeness (QED) is 0.242. The molecule has 8 nitrogen and oxygen atoms in total. The molecule has 0 radical (unpaired) electrons. The van der Waals surface area contributed by atoms with Gasteiger partial charge in [-0.2, -0.15) is 0 Å². The molecule has 0 spiro atoms. The number of phosphoric acid groups is 1. The van der Waals surface area contributed by atoms with Gasteiger partial charge >= 0.3 is 13.8 Å². The van der Waals surface area contributed by atoms with Crippen molar-refractivity contribution in [1.82, 2.24) is 0 Å². The van der Waals surface area contributed by atoms with Crippen molar-refractivity contribution in [3.8, 4) is 0 Å². The Morgan fingerprint density at radius 3 is 1.87 bits per heavy atom. The maximum atomic E-state index is 9.79. The average molecular weight is 244 g/mol. The Morgan fingerprint density at radius 2 is 1.80 bits per heavy atom. The summed E-state index contributed by atoms with van der Waals surface area (Å²) in [5.41, 5.74) is 0.176. The summed E-state index contributed by atoms with van der Waals surface area (Å²) in [5.74, 6) is -0.935. The highest BCUT2D eigenvalue weighted by Gasteiger charge is 2.14. The molecule has 0 aromatic rings. The number of carboxylic acids is 1. The van der Waals surface area contributed by atoms with Gasteiger partial charge in [-0.1, -0.05) is 6.58 Å². The Hall–Kier alpha value is -0.760. The third-order valence-corrected chi connectivity index (χ3v) is 1.24. The Labute approximate surface area is 85.7 Å². The highest BCUT2D eigenvalue weighted by molar-refractivity contribution is 7.46. The molecule has 0 aliphatic rings. The van der Waals surface area contributed by atoms with Crippen LogP contribution in [-0.2, 0) is 13.9 Å². The van der Waals surface area contributed by atoms with Crippen LogP contribution in [0.4, 0.5) is 0 Å². The number of aliphatic hydroxyl groups excluding tert-OH is 1. The molecular weight excluding hydrogens is 231 g/mol. The number of hydrogen-bond acceptors (Lipinski definition) is 5. The van der Waals surface area contributed by atoms with Gasteiger partial charge in [-0.05, 0) is 6.92 Å². The molecule has 0 aromatic carbocycles. The zero-order valence-electron chi connectivity index (χ0n) is 7.90. The van der Waals surface area contributed by atoms with Crippen LogP contribution in [-0.4, -0.2) is 44.0 Å². The molecule has 0 unspecified atom stereocenters. The van der Waals surface area contributed by atoms with Gasteiger partial charge in [0.05, 0.1) is 0 Å². The fourth-order valence-corrected chi connectivity index (χ4v) is 0.491. The summed E-state index contributed by atoms with van der Waals surface area (Å²) in [6, 6.07) is 0. The summed E-state index contributed by atoms with van der Waals surface area (Å²) in [6.45, 7) is 3.81. The van der Waals surface area contributed by atoms with E-state index in [0.29, 0.717) is 0 Å². The Bertz CT molecular complexity index is 242. The molecule has 0 heterocycles. The Morgan fingerprint density at radius 1 is 1.47 bits per heavy atom. The number of aliphatic hydroxyl groups is 2. The lowest BCUT2D eigenvalue weighted by molar-refractivity contribution is -0.132. The van der Waals surface area contributed by atoms with E-state index in [1.807, 2.05) is 0 Å². The van der Waals surface area contributed by atoms with Crippen LogP contribution in [0, 0.1) is 0 Å². The first-order valence-electron chi connectivity index (χ1n) is 3.51. The van der Waals surface area contributed by atoms with Crippen molar-refractivity contribution in [2.45, 2.75) is 13.2 Å². The van der Waals surface area contributed by atoms with Crippen LogP contribution in [0.15, 0.2) is 12.2 Å². The third kappa shape index (κ3) is 19.6. The first-order chi connectivity index (χ1) is 6.56. The van der Waals surface area contributed by atoms with Crippen molar-refractivity contribution in [2.24, 2.45) is 0 Å². The second-order valence-corrected chi connectivity index (χ2v) is 3.59. The molecule has 0 saturated heterocycles. The summed E-state index contributed by atoms with van der Waals surface area (Å²) in [5, 5.41) is 23.9. The maximum Gasteiger partial charge on any atom is 0.469 e. The van der Waals surface area contributed by atoms with Gasteiger partial charge in [-0.15, -0.1) is 0 Å². The minimum atomic E-state index is -4.54. The van der Waals surface area contributed by atoms with E-state index in [0.717, 1.165) is 0 Å². The molecule has 15 heavy (non-hydrogen) atoms. The zero-order chi connectivity index (χ0) is 12.6. The molecule has 0 saturated carbocycles. The van der Waals surface area contributed by atoms with Crippen LogP contribution in [0.25, 0.3) is 0 Å². The lowest BCUT2D eigenvalue weighted by Gasteiger charge is -2.04. The van der Waals surface area contributed by atoms with Crippen molar-refractivity contribution in [3.05, 3.63) is 12.2 Å². The van der Waals surface area contributed by atoms with Crippen LogP contribution in [0.5, 0.6) is 0 Å². The third-order valence-electron chi connectivity index (χ3n) is 0.757. The van der Waals surface area contributed by atoms with E-state index in [4.69, 9.17) is 25.1 Å². The first-order valence-corrected chi connectivity index (χ1v) is 5.04. The first kappa shape index (κ1) is 16.7. The van der Waals surface area contributed by atoms with Crippen LogP contribution >= 0.6 is 7.82 Å². The SMILES string of the molecule is C=C(C)C(=O)O.O=P(O)(O)OCC(O)O. The Balaban J connectivity index is 0. The van der Waals surface area contributed by atoms with E-state index in [1.54, 1.807) is 0 Å². The smallest absolute Gasteiger partial charge is 0.469 e. The molecule has 0 aliphatic carbocycles. The molecule has 0 aliphatic heterocycles. The van der Waals surface area contributed by atoms with Crippen LogP contribution in [0.2, 0.25) is 0 Å². The number of rotatable bonds is 4. The van der Waals surface area contributed by atoms with Gasteiger partial charge < -0.3 is 25.1 Å². The minimum absolute atomic E-state index is 0.176. The molecule has 9 heteroatoms. The maximum absolute atomic E-state index is 9.79. The van der Waals surface area contributed by atoms with Crippen molar-refractivity contribution in [1.29, 1.82) is 0 Å². The summed E-state index contributed by atoms with van der Waals surface area (Å²) in [4.78, 5) is 25.5. The number of aliphatic carboxylic acids is 1. The second kappa shape index (κ2) is 7.52. The van der Waals surface area contributed by atoms with Crippen LogP contribution in [0.1, 0.15) is 6.92 Å². The molecule has 0 rings (SSSR count). The van der Waals surface area contributed by atoms with Crippen molar-refractivity contribution < 1.29 is 39.0 Å². The van der Waals surface area contributed by atoms with Gasteiger partial charge in [0, 0.05) is 5.57 Å². The van der Waals surface area contributed by atoms with Crippen LogP contribution in [0.3, 0.4) is 0 Å². The highest BCUT2D eigenvalue weighted by Crippen LogP contribution is 2.35. The van der Waals surface area contributed by atoms with Crippen molar-refractivity contribution in [2.75, 3.05) is 6.61 Å². The van der Waals surface area contributed by atoms with Gasteiger partial charge in [0.15, 0.2) is 6.29 Å². The predicted octanol–water partition coefficient (Wildman–Crippen LogP) is -0.947. The Kier molecular flexibility index (Phi) is 8.35. The van der Waals surface area contributed by atoms with Crippen LogP contribution < -0.4 is 0 Å². The number of carboxylic acid groups (broad SMARTS) is 1. The fraction of sp³-hybridized carbons (Fsp3) is 0.500. The number of carbonyl (C=O) groups is 1. The van der Waals surface area contributed by atoms with E-state index in [-0.39, 0.29) is 5.57 Å². The molecule has 0 atom stereocenters. The van der Waals surface area contributed by atoms with Crippen molar-refractivity contribution >= 4 is 13.8 Å². The molecule has 0 bridgehead atoms. The summed E-state index contributed by atoms with van der Waals surface area (Å²) < 4.78 is 13.4. The molecule has 0 fully saturated rings. The summed E-state index contributed by atoms with van der Waals surface area (Å²) >= 11 is 0. The summed E-state index contributed by atoms with van der Waals surface area (Å²) in [7, 11) is -4.54. The minimum Gasteiger partial charge on any atom is -0.478 e. The largest absolute Gasteiger partial charge is 0.478 e. The van der Waals surface area contributed by atoms with E-state index >= 15 is 0 Å². The van der Waals surface area contributed by atoms with E-state index in [9.17, 15) is 9.36 Å². The van der Waals surface area contributed by atoms with Gasteiger partial charge in [-0.25, -0.2) is 9.36 Å². The topological polar surface area (TPSA) is 145 Å². The molecule has 0 amide bonds. The molecular formula is C6H13O8P. The lowest BCUT2D eigenvalue weighted by Crippen LogP contribution is -2.12. The monoisotopic (exact) mass is 244 g/mol. The second-order valence-electron chi connectivity index (χ2n) is 2.35. The standard InChI is InChI=1S/C4H6O2.C2H7O6P/c1-3(2)4(5)6;3-2(4)1-8-9(5,6)7/h1H2,2H3,(H,5,6);2-4H,1H2,(H2,5,6,7). The number of phosphoric ester groups is 1. The highest BCUT2D eigenvalue weighted by atomic mass is 31.2. The van der Waals surface area contributed by atoms with Crippen molar-refractivity contribution in [3.63, 3.8) is 0 Å².